The van der Waals surface area contributed by atoms with E-state index >= 15 is 0 Å². The van der Waals surface area contributed by atoms with Gasteiger partial charge in [-0.3, -0.25) is 4.79 Å². The zero-order valence-electron chi connectivity index (χ0n) is 8.07. The number of esters is 2. The van der Waals surface area contributed by atoms with Crippen LogP contribution in [0.15, 0.2) is 0 Å². The van der Waals surface area contributed by atoms with Crippen molar-refractivity contribution in [1.82, 2.24) is 0 Å². The minimum absolute atomic E-state index is 0.110. The second-order valence-electron chi connectivity index (χ2n) is 2.69. The Bertz CT molecular complexity index is 234. The predicted octanol–water partition coefficient (Wildman–Crippen LogP) is 0.182. The number of rotatable bonds is 3. The van der Waals surface area contributed by atoms with Crippen LogP contribution in [0.1, 0.15) is 6.42 Å². The number of hydrogen-bond donors (Lipinski definition) is 0. The Morgan fingerprint density at radius 3 is 2.57 bits per heavy atom. The first-order valence-electron chi connectivity index (χ1n) is 4.08. The highest BCUT2D eigenvalue weighted by Gasteiger charge is 2.47. The van der Waals surface area contributed by atoms with E-state index in [1.807, 2.05) is 0 Å². The minimum Gasteiger partial charge on any atom is -0.469 e. The van der Waals surface area contributed by atoms with Gasteiger partial charge in [0.15, 0.2) is 0 Å². The molecule has 0 aliphatic carbocycles. The van der Waals surface area contributed by atoms with Gasteiger partial charge in [-0.2, -0.15) is 0 Å². The Hall–Kier alpha value is -0.750. The maximum Gasteiger partial charge on any atom is 0.349 e. The Balaban J connectivity index is 2.71. The molecule has 0 aromatic rings. The van der Waals surface area contributed by atoms with E-state index in [4.69, 9.17) is 4.74 Å². The first-order valence-corrected chi connectivity index (χ1v) is 5.06. The van der Waals surface area contributed by atoms with E-state index in [0.717, 1.165) is 0 Å². The van der Waals surface area contributed by atoms with E-state index < -0.39 is 16.9 Å². The van der Waals surface area contributed by atoms with Crippen molar-refractivity contribution in [3.63, 3.8) is 0 Å². The van der Waals surface area contributed by atoms with Crippen molar-refractivity contribution in [3.05, 3.63) is 0 Å². The summed E-state index contributed by atoms with van der Waals surface area (Å²) >= 11 is 1.27. The Morgan fingerprint density at radius 2 is 2.14 bits per heavy atom. The molecule has 1 heterocycles. The summed E-state index contributed by atoms with van der Waals surface area (Å²) in [6.45, 7) is 0.441. The first kappa shape index (κ1) is 11.3. The molecule has 14 heavy (non-hydrogen) atoms. The zero-order valence-corrected chi connectivity index (χ0v) is 8.89. The van der Waals surface area contributed by atoms with Gasteiger partial charge in [0.05, 0.1) is 27.2 Å². The van der Waals surface area contributed by atoms with Gasteiger partial charge in [0.2, 0.25) is 4.93 Å². The Labute approximate surface area is 86.1 Å². The number of methoxy groups -OCH3 is 2. The van der Waals surface area contributed by atoms with Gasteiger partial charge in [0, 0.05) is 5.75 Å². The smallest absolute Gasteiger partial charge is 0.349 e. The average Bonchev–Trinajstić information content (AvgIpc) is 2.66. The third kappa shape index (κ3) is 2.19. The van der Waals surface area contributed by atoms with Crippen LogP contribution < -0.4 is 0 Å². The lowest BCUT2D eigenvalue weighted by atomic mass is 10.2. The Kier molecular flexibility index (Phi) is 3.77. The van der Waals surface area contributed by atoms with Gasteiger partial charge in [-0.15, -0.1) is 11.8 Å². The summed E-state index contributed by atoms with van der Waals surface area (Å²) in [5.74, 6) is -0.346. The van der Waals surface area contributed by atoms with Gasteiger partial charge in [0.25, 0.3) is 0 Å². The molecule has 1 atom stereocenters. The van der Waals surface area contributed by atoms with Crippen LogP contribution in [0, 0.1) is 0 Å². The van der Waals surface area contributed by atoms with Crippen molar-refractivity contribution in [1.29, 1.82) is 0 Å². The largest absolute Gasteiger partial charge is 0.469 e. The molecule has 1 unspecified atom stereocenters. The molecule has 0 saturated carbocycles. The van der Waals surface area contributed by atoms with E-state index in [-0.39, 0.29) is 6.42 Å². The van der Waals surface area contributed by atoms with Crippen LogP contribution >= 0.6 is 11.8 Å². The van der Waals surface area contributed by atoms with Gasteiger partial charge in [-0.05, 0) is 0 Å². The van der Waals surface area contributed by atoms with Gasteiger partial charge < -0.3 is 14.2 Å². The highest BCUT2D eigenvalue weighted by Crippen LogP contribution is 2.37. The maximum absolute atomic E-state index is 11.4. The lowest BCUT2D eigenvalue weighted by molar-refractivity contribution is -0.162. The normalized spacial score (nSPS) is 25.9. The van der Waals surface area contributed by atoms with Gasteiger partial charge in [-0.25, -0.2) is 4.79 Å². The summed E-state index contributed by atoms with van der Waals surface area (Å²) in [5, 5.41) is 0. The van der Waals surface area contributed by atoms with Gasteiger partial charge in [-0.1, -0.05) is 0 Å². The van der Waals surface area contributed by atoms with Crippen LogP contribution in [0.25, 0.3) is 0 Å². The maximum atomic E-state index is 11.4. The van der Waals surface area contributed by atoms with Crippen molar-refractivity contribution >= 4 is 23.7 Å². The first-order chi connectivity index (χ1) is 6.64. The van der Waals surface area contributed by atoms with Crippen LogP contribution in [0.5, 0.6) is 0 Å². The summed E-state index contributed by atoms with van der Waals surface area (Å²) in [5.41, 5.74) is 0. The van der Waals surface area contributed by atoms with Gasteiger partial charge >= 0.3 is 11.9 Å². The van der Waals surface area contributed by atoms with Crippen molar-refractivity contribution in [2.45, 2.75) is 11.4 Å². The predicted molar refractivity (Wildman–Crippen MR) is 49.8 cm³/mol. The molecule has 80 valence electrons. The monoisotopic (exact) mass is 220 g/mol. The fourth-order valence-corrected chi connectivity index (χ4v) is 2.25. The zero-order chi connectivity index (χ0) is 10.6. The fraction of sp³-hybridized carbons (Fsp3) is 0.750. The van der Waals surface area contributed by atoms with Crippen LogP contribution in [0.2, 0.25) is 0 Å². The molecule has 6 heteroatoms. The SMILES string of the molecule is COC(=O)CC1(C(=O)OC)OCCS1. The van der Waals surface area contributed by atoms with Crippen molar-refractivity contribution in [2.75, 3.05) is 26.6 Å². The highest BCUT2D eigenvalue weighted by atomic mass is 32.2. The molecule has 1 saturated heterocycles. The number of ether oxygens (including phenoxy) is 3. The highest BCUT2D eigenvalue weighted by molar-refractivity contribution is 8.01. The molecule has 1 aliphatic rings. The molecule has 0 aromatic carbocycles. The molecule has 0 spiro atoms. The van der Waals surface area contributed by atoms with Crippen LogP contribution in [0.3, 0.4) is 0 Å². The average molecular weight is 220 g/mol. The quantitative estimate of drug-likeness (QED) is 0.632. The van der Waals surface area contributed by atoms with E-state index in [1.165, 1.54) is 26.0 Å². The number of carbonyl (C=O) groups excluding carboxylic acids is 2. The fourth-order valence-electron chi connectivity index (χ4n) is 1.16. The van der Waals surface area contributed by atoms with Gasteiger partial charge in [0.1, 0.15) is 0 Å². The van der Waals surface area contributed by atoms with E-state index in [9.17, 15) is 9.59 Å². The summed E-state index contributed by atoms with van der Waals surface area (Å²) in [7, 11) is 2.54. The molecule has 1 aliphatic heterocycles. The topological polar surface area (TPSA) is 61.8 Å². The third-order valence-electron chi connectivity index (χ3n) is 1.85. The molecule has 5 nitrogen and oxygen atoms in total. The second kappa shape index (κ2) is 4.65. The molecule has 0 aromatic heterocycles. The van der Waals surface area contributed by atoms with Crippen LogP contribution in [0.4, 0.5) is 0 Å². The minimum atomic E-state index is -1.19. The van der Waals surface area contributed by atoms with Crippen molar-refractivity contribution in [2.24, 2.45) is 0 Å². The second-order valence-corrected chi connectivity index (χ2v) is 4.05. The van der Waals surface area contributed by atoms with Crippen molar-refractivity contribution < 1.29 is 23.8 Å². The van der Waals surface area contributed by atoms with E-state index in [1.54, 1.807) is 0 Å². The summed E-state index contributed by atoms with van der Waals surface area (Å²) < 4.78 is 14.3. The summed E-state index contributed by atoms with van der Waals surface area (Å²) in [6.07, 6.45) is -0.110. The molecule has 0 amide bonds. The molecule has 1 rings (SSSR count). The number of hydrogen-bond acceptors (Lipinski definition) is 6. The third-order valence-corrected chi connectivity index (χ3v) is 3.12. The molecule has 0 N–H and O–H groups in total. The Morgan fingerprint density at radius 1 is 1.43 bits per heavy atom. The van der Waals surface area contributed by atoms with Crippen LogP contribution in [-0.2, 0) is 23.8 Å². The molecular formula is C8H12O5S. The van der Waals surface area contributed by atoms with Crippen LogP contribution in [-0.4, -0.2) is 43.5 Å². The number of thioether (sulfide) groups is 1. The van der Waals surface area contributed by atoms with Crippen molar-refractivity contribution in [3.8, 4) is 0 Å². The van der Waals surface area contributed by atoms with E-state index in [2.05, 4.69) is 9.47 Å². The summed E-state index contributed by atoms with van der Waals surface area (Å²) in [6, 6.07) is 0. The standard InChI is InChI=1S/C8H12O5S/c1-11-6(9)5-8(7(10)12-2)13-3-4-14-8/h3-5H2,1-2H3. The molecule has 0 radical (unpaired) electrons. The molecular weight excluding hydrogens is 208 g/mol. The summed E-state index contributed by atoms with van der Waals surface area (Å²) in [4.78, 5) is 21.3. The lowest BCUT2D eigenvalue weighted by Gasteiger charge is -2.22. The molecule has 1 fully saturated rings. The lowest BCUT2D eigenvalue weighted by Crippen LogP contribution is -2.38. The number of carbonyl (C=O) groups is 2. The van der Waals surface area contributed by atoms with E-state index in [0.29, 0.717) is 12.4 Å². The molecule has 0 bridgehead atoms.